The molecule has 1 nitrogen and oxygen atoms in total. The first-order chi connectivity index (χ1) is 4.02. The molecule has 1 fully saturated rings. The van der Waals surface area contributed by atoms with Crippen LogP contribution < -0.4 is 0 Å². The minimum absolute atomic E-state index is 0.0828. The lowest BCUT2D eigenvalue weighted by atomic mass is 10.0. The van der Waals surface area contributed by atoms with Crippen molar-refractivity contribution in [2.24, 2.45) is 0 Å². The molecule has 1 saturated heterocycles. The monoisotopic (exact) mass is 131 g/mol. The van der Waals surface area contributed by atoms with E-state index in [1.54, 1.807) is 0 Å². The Morgan fingerprint density at radius 3 is 2.22 bits per heavy atom. The fraction of sp³-hybridized carbons (Fsp3) is 1.00. The number of hydrogen-bond acceptors (Lipinski definition) is 1. The van der Waals surface area contributed by atoms with Gasteiger partial charge in [-0.1, -0.05) is 0 Å². The summed E-state index contributed by atoms with van der Waals surface area (Å²) in [5, 5.41) is 0. The zero-order valence-corrected chi connectivity index (χ0v) is 6.32. The Kier molecular flexibility index (Phi) is 1.51. The molecule has 0 aromatic carbocycles. The van der Waals surface area contributed by atoms with Crippen LogP contribution in [0.3, 0.4) is 0 Å². The lowest BCUT2D eigenvalue weighted by Gasteiger charge is -2.26. The molecule has 1 aliphatic heterocycles. The van der Waals surface area contributed by atoms with Gasteiger partial charge in [0.05, 0.1) is 0 Å². The number of likely N-dealkylation sites (tertiary alicyclic amines) is 1. The summed E-state index contributed by atoms with van der Waals surface area (Å²) in [6, 6.07) is 0. The molecule has 0 amide bonds. The Morgan fingerprint density at radius 2 is 2.11 bits per heavy atom. The highest BCUT2D eigenvalue weighted by molar-refractivity contribution is 4.90. The van der Waals surface area contributed by atoms with Crippen molar-refractivity contribution in [1.29, 1.82) is 0 Å². The van der Waals surface area contributed by atoms with E-state index in [0.717, 1.165) is 0 Å². The lowest BCUT2D eigenvalue weighted by molar-refractivity contribution is 0.218. The van der Waals surface area contributed by atoms with Gasteiger partial charge >= 0.3 is 0 Å². The summed E-state index contributed by atoms with van der Waals surface area (Å²) < 4.78 is 12.6. The van der Waals surface area contributed by atoms with E-state index in [4.69, 9.17) is 0 Å². The van der Waals surface area contributed by atoms with Crippen LogP contribution in [-0.4, -0.2) is 30.2 Å². The van der Waals surface area contributed by atoms with E-state index < -0.39 is 6.17 Å². The van der Waals surface area contributed by atoms with Crippen LogP contribution in [-0.2, 0) is 0 Å². The van der Waals surface area contributed by atoms with Gasteiger partial charge in [0.1, 0.15) is 6.17 Å². The molecule has 0 spiro atoms. The van der Waals surface area contributed by atoms with Crippen molar-refractivity contribution < 1.29 is 4.39 Å². The second-order valence-corrected chi connectivity index (χ2v) is 3.49. The number of halogens is 1. The van der Waals surface area contributed by atoms with E-state index >= 15 is 0 Å². The first kappa shape index (κ1) is 7.00. The van der Waals surface area contributed by atoms with Gasteiger partial charge in [-0.15, -0.1) is 0 Å². The fourth-order valence-electron chi connectivity index (χ4n) is 1.31. The summed E-state index contributed by atoms with van der Waals surface area (Å²) in [5.74, 6) is 0. The van der Waals surface area contributed by atoms with Crippen LogP contribution in [0.2, 0.25) is 0 Å². The summed E-state index contributed by atoms with van der Waals surface area (Å²) >= 11 is 0. The fourth-order valence-corrected chi connectivity index (χ4v) is 1.31. The van der Waals surface area contributed by atoms with Gasteiger partial charge in [-0.25, -0.2) is 4.39 Å². The van der Waals surface area contributed by atoms with Gasteiger partial charge in [-0.3, -0.25) is 4.90 Å². The van der Waals surface area contributed by atoms with Gasteiger partial charge in [0.2, 0.25) is 0 Å². The second-order valence-electron chi connectivity index (χ2n) is 3.49. The zero-order chi connectivity index (χ0) is 7.07. The number of alkyl halides is 1. The van der Waals surface area contributed by atoms with Crippen molar-refractivity contribution in [1.82, 2.24) is 4.90 Å². The maximum Gasteiger partial charge on any atom is 0.114 e. The average Bonchev–Trinajstić information content (AvgIpc) is 1.79. The first-order valence-electron chi connectivity index (χ1n) is 3.38. The van der Waals surface area contributed by atoms with Gasteiger partial charge < -0.3 is 0 Å². The van der Waals surface area contributed by atoms with Gasteiger partial charge in [0, 0.05) is 12.1 Å². The largest absolute Gasteiger partial charge is 0.298 e. The third-order valence-electron chi connectivity index (χ3n) is 2.23. The molecule has 0 saturated carbocycles. The van der Waals surface area contributed by atoms with Crippen molar-refractivity contribution in [2.45, 2.75) is 32.0 Å². The topological polar surface area (TPSA) is 3.24 Å². The Labute approximate surface area is 55.8 Å². The van der Waals surface area contributed by atoms with Crippen molar-refractivity contribution >= 4 is 0 Å². The van der Waals surface area contributed by atoms with E-state index in [0.29, 0.717) is 13.0 Å². The molecule has 54 valence electrons. The maximum atomic E-state index is 12.6. The van der Waals surface area contributed by atoms with Gasteiger partial charge in [-0.05, 0) is 27.3 Å². The summed E-state index contributed by atoms with van der Waals surface area (Å²) in [6.07, 6.45) is 0.0775. The van der Waals surface area contributed by atoms with Crippen LogP contribution in [0.5, 0.6) is 0 Å². The summed E-state index contributed by atoms with van der Waals surface area (Å²) in [5.41, 5.74) is 0.0828. The standard InChI is InChI=1S/C7H14FN/c1-7(2)4-6(8)5-9(7)3/h6H,4-5H2,1-3H3. The molecule has 1 heterocycles. The Hall–Kier alpha value is -0.110. The summed E-state index contributed by atoms with van der Waals surface area (Å²) in [4.78, 5) is 2.07. The number of hydrogen-bond donors (Lipinski definition) is 0. The Morgan fingerprint density at radius 1 is 1.56 bits per heavy atom. The van der Waals surface area contributed by atoms with Gasteiger partial charge in [0.15, 0.2) is 0 Å². The lowest BCUT2D eigenvalue weighted by Crippen LogP contribution is -2.34. The molecule has 0 aliphatic carbocycles. The zero-order valence-electron chi connectivity index (χ0n) is 6.32. The molecule has 0 aromatic heterocycles. The molecule has 0 N–H and O–H groups in total. The van der Waals surface area contributed by atoms with Crippen molar-refractivity contribution in [3.63, 3.8) is 0 Å². The van der Waals surface area contributed by atoms with Crippen LogP contribution in [0.25, 0.3) is 0 Å². The van der Waals surface area contributed by atoms with Crippen molar-refractivity contribution in [3.8, 4) is 0 Å². The molecule has 1 atom stereocenters. The quantitative estimate of drug-likeness (QED) is 0.481. The first-order valence-corrected chi connectivity index (χ1v) is 3.38. The minimum Gasteiger partial charge on any atom is -0.298 e. The predicted octanol–water partition coefficient (Wildman–Crippen LogP) is 1.44. The molecule has 9 heavy (non-hydrogen) atoms. The van der Waals surface area contributed by atoms with Crippen LogP contribution >= 0.6 is 0 Å². The summed E-state index contributed by atoms with van der Waals surface area (Å²) in [6.45, 7) is 4.76. The highest BCUT2D eigenvalue weighted by Gasteiger charge is 2.35. The molecular formula is C7H14FN. The van der Waals surface area contributed by atoms with Crippen LogP contribution in [0.4, 0.5) is 4.39 Å². The van der Waals surface area contributed by atoms with E-state index in [1.165, 1.54) is 0 Å². The Balaban J connectivity index is 2.58. The van der Waals surface area contributed by atoms with Gasteiger partial charge in [-0.2, -0.15) is 0 Å². The molecule has 1 aliphatic rings. The SMILES string of the molecule is CN1CC(F)CC1(C)C. The average molecular weight is 131 g/mol. The van der Waals surface area contributed by atoms with Crippen LogP contribution in [0.15, 0.2) is 0 Å². The highest BCUT2D eigenvalue weighted by Crippen LogP contribution is 2.27. The van der Waals surface area contributed by atoms with Crippen molar-refractivity contribution in [2.75, 3.05) is 13.6 Å². The second kappa shape index (κ2) is 1.94. The van der Waals surface area contributed by atoms with Gasteiger partial charge in [0.25, 0.3) is 0 Å². The summed E-state index contributed by atoms with van der Waals surface area (Å²) in [7, 11) is 1.97. The maximum absolute atomic E-state index is 12.6. The molecule has 1 rings (SSSR count). The molecule has 0 bridgehead atoms. The van der Waals surface area contributed by atoms with E-state index in [-0.39, 0.29) is 5.54 Å². The minimum atomic E-state index is -0.606. The normalized spacial score (nSPS) is 35.3. The van der Waals surface area contributed by atoms with Crippen molar-refractivity contribution in [3.05, 3.63) is 0 Å². The van der Waals surface area contributed by atoms with E-state index in [9.17, 15) is 4.39 Å². The molecule has 2 heteroatoms. The molecule has 0 radical (unpaired) electrons. The highest BCUT2D eigenvalue weighted by atomic mass is 19.1. The third kappa shape index (κ3) is 1.23. The van der Waals surface area contributed by atoms with Crippen LogP contribution in [0, 0.1) is 0 Å². The Bertz CT molecular complexity index is 111. The molecular weight excluding hydrogens is 117 g/mol. The van der Waals surface area contributed by atoms with E-state index in [1.807, 2.05) is 7.05 Å². The van der Waals surface area contributed by atoms with Crippen LogP contribution in [0.1, 0.15) is 20.3 Å². The smallest absolute Gasteiger partial charge is 0.114 e. The van der Waals surface area contributed by atoms with E-state index in [2.05, 4.69) is 18.7 Å². The predicted molar refractivity (Wildman–Crippen MR) is 36.2 cm³/mol. The molecule has 1 unspecified atom stereocenters. The number of nitrogens with zero attached hydrogens (tertiary/aromatic N) is 1. The number of rotatable bonds is 0. The molecule has 0 aromatic rings. The third-order valence-corrected chi connectivity index (χ3v) is 2.23.